The molecule has 3 atom stereocenters. The van der Waals surface area contributed by atoms with Crippen LogP contribution < -0.4 is 5.73 Å². The minimum Gasteiger partial charge on any atom is -0.331 e. The third-order valence-electron chi connectivity index (χ3n) is 4.92. The zero-order valence-corrected chi connectivity index (χ0v) is 17.0. The molecule has 0 radical (unpaired) electrons. The summed E-state index contributed by atoms with van der Waals surface area (Å²) in [6.45, 7) is 3.57. The fraction of sp³-hybridized carbons (Fsp3) is 0.500. The van der Waals surface area contributed by atoms with Crippen LogP contribution in [-0.4, -0.2) is 38.2 Å². The fourth-order valence-corrected chi connectivity index (χ4v) is 3.45. The van der Waals surface area contributed by atoms with Crippen molar-refractivity contribution in [1.29, 1.82) is 0 Å². The van der Waals surface area contributed by atoms with Crippen LogP contribution in [0.15, 0.2) is 12.1 Å². The lowest BCUT2D eigenvalue weighted by Gasteiger charge is -2.37. The van der Waals surface area contributed by atoms with Gasteiger partial charge in [-0.2, -0.15) is 0 Å². The molecule has 2 unspecified atom stereocenters. The normalized spacial score (nSPS) is 19.4. The molecule has 2 heterocycles. The highest BCUT2D eigenvalue weighted by atomic mass is 35.5. The Hall–Kier alpha value is -2.27. The molecule has 0 spiro atoms. The van der Waals surface area contributed by atoms with Crippen LogP contribution in [-0.2, 0) is 11.2 Å². The number of hydrogen-bond acceptors (Lipinski definition) is 4. The summed E-state index contributed by atoms with van der Waals surface area (Å²) in [6.07, 6.45) is -3.18. The molecule has 3 rings (SSSR count). The zero-order chi connectivity index (χ0) is 21.5. The van der Waals surface area contributed by atoms with E-state index in [1.807, 2.05) is 0 Å². The van der Waals surface area contributed by atoms with Gasteiger partial charge in [0.25, 0.3) is 6.43 Å². The first-order valence-electron chi connectivity index (χ1n) is 9.01. The van der Waals surface area contributed by atoms with Crippen LogP contribution in [0, 0.1) is 17.5 Å². The van der Waals surface area contributed by atoms with Crippen LogP contribution in [0.2, 0.25) is 0 Å². The number of nitrogens with two attached hydrogens (primary N) is 1. The van der Waals surface area contributed by atoms with Crippen molar-refractivity contribution in [3.8, 4) is 0 Å². The Balaban J connectivity index is 0.00000320. The smallest absolute Gasteiger partial charge is 0.299 e. The second-order valence-corrected chi connectivity index (χ2v) is 7.17. The fourth-order valence-electron chi connectivity index (χ4n) is 3.45. The van der Waals surface area contributed by atoms with E-state index < -0.39 is 41.8 Å². The topological polar surface area (TPSA) is 77.0 Å². The largest absolute Gasteiger partial charge is 0.331 e. The van der Waals surface area contributed by atoms with Gasteiger partial charge in [-0.3, -0.25) is 4.79 Å². The summed E-state index contributed by atoms with van der Waals surface area (Å²) < 4.78 is 67.4. The van der Waals surface area contributed by atoms with Crippen LogP contribution >= 0.6 is 12.4 Å². The Kier molecular flexibility index (Phi) is 7.40. The van der Waals surface area contributed by atoms with Gasteiger partial charge >= 0.3 is 0 Å². The van der Waals surface area contributed by atoms with Crippen LogP contribution in [0.5, 0.6) is 0 Å². The maximum Gasteiger partial charge on any atom is 0.299 e. The zero-order valence-electron chi connectivity index (χ0n) is 16.2. The van der Waals surface area contributed by atoms with E-state index in [1.54, 1.807) is 13.8 Å². The van der Waals surface area contributed by atoms with Gasteiger partial charge in [0, 0.05) is 25.1 Å². The molecule has 1 aromatic carbocycles. The summed E-state index contributed by atoms with van der Waals surface area (Å²) in [7, 11) is 0. The quantitative estimate of drug-likeness (QED) is 0.555. The van der Waals surface area contributed by atoms with Crippen LogP contribution in [0.4, 0.5) is 22.0 Å². The molecule has 30 heavy (non-hydrogen) atoms. The second kappa shape index (κ2) is 9.25. The van der Waals surface area contributed by atoms with E-state index in [0.29, 0.717) is 6.07 Å². The Morgan fingerprint density at radius 1 is 1.20 bits per heavy atom. The van der Waals surface area contributed by atoms with Gasteiger partial charge in [-0.15, -0.1) is 17.5 Å². The molecule has 0 aliphatic carbocycles. The lowest BCUT2D eigenvalue weighted by molar-refractivity contribution is -0.135. The van der Waals surface area contributed by atoms with E-state index in [1.165, 1.54) is 9.58 Å². The Labute approximate surface area is 175 Å². The predicted octanol–water partition coefficient (Wildman–Crippen LogP) is 3.48. The summed E-state index contributed by atoms with van der Waals surface area (Å²) in [4.78, 5) is 18.0. The lowest BCUT2D eigenvalue weighted by Crippen LogP contribution is -2.45. The molecule has 6 nitrogen and oxygen atoms in total. The van der Waals surface area contributed by atoms with Crippen molar-refractivity contribution in [2.75, 3.05) is 6.54 Å². The Morgan fingerprint density at radius 3 is 2.47 bits per heavy atom. The van der Waals surface area contributed by atoms with E-state index in [2.05, 4.69) is 10.1 Å². The molecule has 0 fully saturated rings. The minimum atomic E-state index is -2.82. The number of halogens is 6. The van der Waals surface area contributed by atoms with Crippen molar-refractivity contribution < 1.29 is 26.7 Å². The van der Waals surface area contributed by atoms with Gasteiger partial charge in [-0.1, -0.05) is 0 Å². The van der Waals surface area contributed by atoms with Gasteiger partial charge < -0.3 is 10.6 Å². The number of fused-ring (bicyclic) bond motifs is 1. The SMILES string of the molecule is CC1c2nc(C(F)F)nn2C(C)CN1C(=O)C[C@H](N)Cc1cc(F)c(F)cc1F.Cl. The first kappa shape index (κ1) is 24.0. The molecule has 12 heteroatoms. The molecule has 166 valence electrons. The van der Waals surface area contributed by atoms with Gasteiger partial charge in [0.1, 0.15) is 11.6 Å². The monoisotopic (exact) mass is 453 g/mol. The van der Waals surface area contributed by atoms with Crippen LogP contribution in [0.3, 0.4) is 0 Å². The maximum absolute atomic E-state index is 13.8. The van der Waals surface area contributed by atoms with Crippen molar-refractivity contribution in [3.05, 3.63) is 46.8 Å². The number of nitrogens with zero attached hydrogens (tertiary/aromatic N) is 4. The van der Waals surface area contributed by atoms with Crippen LogP contribution in [0.25, 0.3) is 0 Å². The van der Waals surface area contributed by atoms with E-state index in [-0.39, 0.29) is 55.1 Å². The third kappa shape index (κ3) is 4.72. The maximum atomic E-state index is 13.8. The second-order valence-electron chi connectivity index (χ2n) is 7.17. The van der Waals surface area contributed by atoms with Crippen molar-refractivity contribution in [2.24, 2.45) is 5.73 Å². The summed E-state index contributed by atoms with van der Waals surface area (Å²) >= 11 is 0. The standard InChI is InChI=1S/C18H20F5N5O.ClH/c1-8-7-27(9(2)18-25-17(16(22)23)26-28(8)18)15(29)5-11(24)3-10-4-13(20)14(21)6-12(10)19;/h4,6,8-9,11,16H,3,5,7,24H2,1-2H3;1H/t8?,9?,11-;/m1./s1. The predicted molar refractivity (Wildman–Crippen MR) is 99.7 cm³/mol. The number of hydrogen-bond donors (Lipinski definition) is 1. The van der Waals surface area contributed by atoms with Crippen LogP contribution in [0.1, 0.15) is 56.0 Å². The highest BCUT2D eigenvalue weighted by molar-refractivity contribution is 5.85. The van der Waals surface area contributed by atoms with Gasteiger partial charge in [-0.25, -0.2) is 31.6 Å². The number of aromatic nitrogens is 3. The Bertz CT molecular complexity index is 925. The molecule has 1 aliphatic rings. The number of benzene rings is 1. The lowest BCUT2D eigenvalue weighted by atomic mass is 10.0. The van der Waals surface area contributed by atoms with Gasteiger partial charge in [0.05, 0.1) is 12.1 Å². The van der Waals surface area contributed by atoms with E-state index in [0.717, 1.165) is 6.07 Å². The molecular formula is C18H21ClF5N5O. The van der Waals surface area contributed by atoms with Crippen molar-refractivity contribution in [2.45, 2.75) is 51.2 Å². The van der Waals surface area contributed by atoms with Gasteiger partial charge in [0.2, 0.25) is 11.7 Å². The van der Waals surface area contributed by atoms with E-state index >= 15 is 0 Å². The molecule has 0 bridgehead atoms. The summed E-state index contributed by atoms with van der Waals surface area (Å²) in [6, 6.07) is -0.674. The molecule has 2 aromatic rings. The molecule has 1 aromatic heterocycles. The molecule has 2 N–H and O–H groups in total. The van der Waals surface area contributed by atoms with Crippen molar-refractivity contribution in [1.82, 2.24) is 19.7 Å². The third-order valence-corrected chi connectivity index (χ3v) is 4.92. The number of amides is 1. The average Bonchev–Trinajstić information content (AvgIpc) is 3.09. The average molecular weight is 454 g/mol. The molecule has 1 aliphatic heterocycles. The van der Waals surface area contributed by atoms with Gasteiger partial charge in [-0.05, 0) is 31.9 Å². The molecule has 0 saturated heterocycles. The summed E-state index contributed by atoms with van der Waals surface area (Å²) in [5.74, 6) is -4.19. The first-order valence-corrected chi connectivity index (χ1v) is 9.01. The number of rotatable bonds is 5. The summed E-state index contributed by atoms with van der Waals surface area (Å²) in [5.41, 5.74) is 5.79. The van der Waals surface area contributed by atoms with E-state index in [4.69, 9.17) is 5.73 Å². The number of alkyl halides is 2. The number of carbonyl (C=O) groups is 1. The number of carbonyl (C=O) groups excluding carboxylic acids is 1. The van der Waals surface area contributed by atoms with Crippen molar-refractivity contribution in [3.63, 3.8) is 0 Å². The Morgan fingerprint density at radius 2 is 1.83 bits per heavy atom. The molecular weight excluding hydrogens is 433 g/mol. The molecule has 0 saturated carbocycles. The first-order chi connectivity index (χ1) is 13.6. The molecule has 1 amide bonds. The highest BCUT2D eigenvalue weighted by Gasteiger charge is 2.35. The highest BCUT2D eigenvalue weighted by Crippen LogP contribution is 2.31. The minimum absolute atomic E-state index is 0. The van der Waals surface area contributed by atoms with E-state index in [9.17, 15) is 26.7 Å². The van der Waals surface area contributed by atoms with Crippen molar-refractivity contribution >= 4 is 18.3 Å². The summed E-state index contributed by atoms with van der Waals surface area (Å²) in [5, 5.41) is 3.80. The van der Waals surface area contributed by atoms with Gasteiger partial charge in [0.15, 0.2) is 11.6 Å².